The minimum Gasteiger partial charge on any atom is -0.445 e. The maximum Gasteiger partial charge on any atom is 0.410 e. The number of ether oxygens (including phenoxy) is 4. The van der Waals surface area contributed by atoms with Crippen LogP contribution in [-0.2, 0) is 25.6 Å². The van der Waals surface area contributed by atoms with E-state index in [-0.39, 0.29) is 55.1 Å². The lowest BCUT2D eigenvalue weighted by molar-refractivity contribution is -0.228. The highest BCUT2D eigenvalue weighted by molar-refractivity contribution is 5.67. The number of carbonyl (C=O) groups excluding carboxylic acids is 1. The van der Waals surface area contributed by atoms with Gasteiger partial charge in [0.05, 0.1) is 18.3 Å². The Morgan fingerprint density at radius 3 is 2.17 bits per heavy atom. The predicted molar refractivity (Wildman–Crippen MR) is 230 cm³/mol. The fourth-order valence-electron chi connectivity index (χ4n) is 12.5. The van der Waals surface area contributed by atoms with Gasteiger partial charge in [-0.2, -0.15) is 0 Å². The molecule has 3 N–H and O–H groups in total. The van der Waals surface area contributed by atoms with Crippen LogP contribution in [-0.4, -0.2) is 97.4 Å². The third-order valence-corrected chi connectivity index (χ3v) is 15.7. The van der Waals surface area contributed by atoms with Crippen molar-refractivity contribution in [3.05, 3.63) is 35.9 Å². The van der Waals surface area contributed by atoms with Gasteiger partial charge >= 0.3 is 6.09 Å². The van der Waals surface area contributed by atoms with Gasteiger partial charge in [-0.1, -0.05) is 90.1 Å². The van der Waals surface area contributed by atoms with E-state index < -0.39 is 0 Å². The smallest absolute Gasteiger partial charge is 0.410 e. The summed E-state index contributed by atoms with van der Waals surface area (Å²) in [6.07, 6.45) is 19.1. The summed E-state index contributed by atoms with van der Waals surface area (Å²) in [5.74, 6) is 2.86. The van der Waals surface area contributed by atoms with E-state index in [0.717, 1.165) is 69.9 Å². The van der Waals surface area contributed by atoms with Gasteiger partial charge in [-0.3, -0.25) is 0 Å². The summed E-state index contributed by atoms with van der Waals surface area (Å²) in [6, 6.07) is 9.98. The monoisotopic (exact) mass is 814 g/mol. The van der Waals surface area contributed by atoms with Crippen LogP contribution in [0.25, 0.3) is 0 Å². The molecular formula is C49H83NO8. The van der Waals surface area contributed by atoms with Crippen molar-refractivity contribution in [3.63, 3.8) is 0 Å². The number of benzene rings is 1. The standard InChI is InChI=1S/C49H83NO8/c1-5-6-7-8-9-13-25-50(47(54)58-36-38-19-11-10-12-20-38)26-14-18-37(2)41-21-22-42-46-43(35-45(49(41,42)4)57-32-17-29-53)48(3)24-23-40(55-30-15-27-51)33-39(48)34-44(46)56-31-16-28-52/h10-12,19-20,37,39-46,51-53H,5-9,13-18,21-36H2,1-4H3/t37?,39?,40-,41-,42+,43+,44?,45+,46?,48+,49-/m1/s1. The summed E-state index contributed by atoms with van der Waals surface area (Å²) < 4.78 is 26.0. The minimum atomic E-state index is -0.198. The third kappa shape index (κ3) is 12.0. The molecule has 5 rings (SSSR count). The molecule has 0 aliphatic heterocycles. The fourth-order valence-corrected chi connectivity index (χ4v) is 12.5. The number of carbonyl (C=O) groups is 1. The van der Waals surface area contributed by atoms with E-state index in [0.29, 0.717) is 87.7 Å². The molecular weight excluding hydrogens is 731 g/mol. The molecule has 0 radical (unpaired) electrons. The number of nitrogens with zero attached hydrogens (tertiary/aromatic N) is 1. The first-order chi connectivity index (χ1) is 28.2. The first-order valence-corrected chi connectivity index (χ1v) is 23.8. The van der Waals surface area contributed by atoms with Crippen LogP contribution >= 0.6 is 0 Å². The molecule has 1 aromatic rings. The van der Waals surface area contributed by atoms with E-state index >= 15 is 0 Å². The van der Waals surface area contributed by atoms with Gasteiger partial charge in [-0.05, 0) is 130 Å². The molecule has 11 atom stereocenters. The van der Waals surface area contributed by atoms with Crippen molar-refractivity contribution in [3.8, 4) is 0 Å². The lowest BCUT2D eigenvalue weighted by Gasteiger charge is -2.65. The van der Waals surface area contributed by atoms with E-state index in [9.17, 15) is 20.1 Å². The van der Waals surface area contributed by atoms with Crippen LogP contribution < -0.4 is 0 Å². The zero-order valence-electron chi connectivity index (χ0n) is 37.0. The van der Waals surface area contributed by atoms with Gasteiger partial charge in [0.15, 0.2) is 0 Å². The molecule has 0 spiro atoms. The Morgan fingerprint density at radius 1 is 0.776 bits per heavy atom. The summed E-state index contributed by atoms with van der Waals surface area (Å²) in [5, 5.41) is 28.9. The number of unbranched alkanes of at least 4 members (excludes halogenated alkanes) is 5. The minimum absolute atomic E-state index is 0.0186. The highest BCUT2D eigenvalue weighted by atomic mass is 16.6. The van der Waals surface area contributed by atoms with Gasteiger partial charge in [0.2, 0.25) is 0 Å². The molecule has 4 aliphatic rings. The number of hydrogen-bond donors (Lipinski definition) is 3. The Hall–Kier alpha value is -1.75. The molecule has 4 unspecified atom stereocenters. The van der Waals surface area contributed by atoms with Gasteiger partial charge in [-0.15, -0.1) is 0 Å². The second kappa shape index (κ2) is 24.0. The van der Waals surface area contributed by atoms with Crippen molar-refractivity contribution >= 4 is 6.09 Å². The van der Waals surface area contributed by atoms with Crippen LogP contribution in [0.1, 0.15) is 149 Å². The molecule has 0 bridgehead atoms. The lowest BCUT2D eigenvalue weighted by atomic mass is 9.43. The Labute approximate surface area is 352 Å². The third-order valence-electron chi connectivity index (χ3n) is 15.7. The molecule has 0 heterocycles. The molecule has 0 saturated heterocycles. The Balaban J connectivity index is 1.30. The number of amides is 1. The highest BCUT2D eigenvalue weighted by Crippen LogP contribution is 2.69. The quantitative estimate of drug-likeness (QED) is 0.0793. The molecule has 0 aromatic heterocycles. The second-order valence-electron chi connectivity index (χ2n) is 19.2. The van der Waals surface area contributed by atoms with Crippen molar-refractivity contribution in [2.75, 3.05) is 52.7 Å². The van der Waals surface area contributed by atoms with Crippen molar-refractivity contribution in [1.29, 1.82) is 0 Å². The molecule has 58 heavy (non-hydrogen) atoms. The zero-order valence-corrected chi connectivity index (χ0v) is 37.0. The van der Waals surface area contributed by atoms with Crippen LogP contribution in [0, 0.1) is 46.3 Å². The predicted octanol–water partition coefficient (Wildman–Crippen LogP) is 9.58. The van der Waals surface area contributed by atoms with Crippen LogP contribution in [0.2, 0.25) is 0 Å². The summed E-state index contributed by atoms with van der Waals surface area (Å²) in [6.45, 7) is 13.8. The zero-order chi connectivity index (χ0) is 41.4. The van der Waals surface area contributed by atoms with E-state index in [1.54, 1.807) is 0 Å². The van der Waals surface area contributed by atoms with Gasteiger partial charge in [0.1, 0.15) is 6.61 Å². The molecule has 332 valence electrons. The normalized spacial score (nSPS) is 32.3. The summed E-state index contributed by atoms with van der Waals surface area (Å²) in [5.41, 5.74) is 1.17. The van der Waals surface area contributed by atoms with Crippen molar-refractivity contribution < 1.29 is 39.1 Å². The van der Waals surface area contributed by atoms with E-state index in [4.69, 9.17) is 18.9 Å². The maximum absolute atomic E-state index is 13.5. The molecule has 4 aliphatic carbocycles. The number of fused-ring (bicyclic) bond motifs is 5. The molecule has 1 amide bonds. The average molecular weight is 814 g/mol. The average Bonchev–Trinajstić information content (AvgIpc) is 3.59. The van der Waals surface area contributed by atoms with Crippen molar-refractivity contribution in [2.24, 2.45) is 46.3 Å². The Kier molecular flexibility index (Phi) is 19.6. The molecule has 4 fully saturated rings. The highest BCUT2D eigenvalue weighted by Gasteiger charge is 2.66. The molecule has 9 nitrogen and oxygen atoms in total. The summed E-state index contributed by atoms with van der Waals surface area (Å²) >= 11 is 0. The Bertz CT molecular complexity index is 1300. The summed E-state index contributed by atoms with van der Waals surface area (Å²) in [7, 11) is 0. The number of aliphatic hydroxyl groups excluding tert-OH is 3. The van der Waals surface area contributed by atoms with Crippen molar-refractivity contribution in [1.82, 2.24) is 4.90 Å². The topological polar surface area (TPSA) is 118 Å². The largest absolute Gasteiger partial charge is 0.445 e. The SMILES string of the molecule is CCCCCCCCN(CCCC(C)[C@H]1CC[C@H]2C3C(OCCCO)CC4C[C@H](OCCCO)CC[C@]4(C)[C@H]3C[C@H](OCCCO)[C@]12C)C(=O)OCc1ccccc1. The maximum atomic E-state index is 13.5. The van der Waals surface area contributed by atoms with E-state index in [1.807, 2.05) is 35.2 Å². The molecule has 4 saturated carbocycles. The van der Waals surface area contributed by atoms with Gasteiger partial charge < -0.3 is 39.2 Å². The van der Waals surface area contributed by atoms with Gasteiger partial charge in [0.25, 0.3) is 0 Å². The van der Waals surface area contributed by atoms with Crippen LogP contribution in [0.5, 0.6) is 0 Å². The van der Waals surface area contributed by atoms with Crippen LogP contribution in [0.15, 0.2) is 30.3 Å². The van der Waals surface area contributed by atoms with Gasteiger partial charge in [0, 0.05) is 58.1 Å². The first kappa shape index (κ1) is 47.3. The van der Waals surface area contributed by atoms with Crippen LogP contribution in [0.3, 0.4) is 0 Å². The first-order valence-electron chi connectivity index (χ1n) is 23.8. The number of aliphatic hydroxyl groups is 3. The second-order valence-corrected chi connectivity index (χ2v) is 19.2. The fraction of sp³-hybridized carbons (Fsp3) is 0.857. The van der Waals surface area contributed by atoms with Crippen molar-refractivity contribution in [2.45, 2.75) is 168 Å². The van der Waals surface area contributed by atoms with E-state index in [1.165, 1.54) is 38.5 Å². The van der Waals surface area contributed by atoms with Crippen LogP contribution in [0.4, 0.5) is 4.79 Å². The Morgan fingerprint density at radius 2 is 1.45 bits per heavy atom. The molecule has 1 aromatic carbocycles. The summed E-state index contributed by atoms with van der Waals surface area (Å²) in [4.78, 5) is 15.5. The molecule has 9 heteroatoms. The van der Waals surface area contributed by atoms with E-state index in [2.05, 4.69) is 27.7 Å². The number of hydrogen-bond acceptors (Lipinski definition) is 8. The van der Waals surface area contributed by atoms with Gasteiger partial charge in [-0.25, -0.2) is 4.79 Å². The number of rotatable bonds is 26. The lowest BCUT2D eigenvalue weighted by Crippen LogP contribution is -2.63.